The van der Waals surface area contributed by atoms with Gasteiger partial charge in [0.2, 0.25) is 0 Å². The van der Waals surface area contributed by atoms with E-state index in [4.69, 9.17) is 5.73 Å². The lowest BCUT2D eigenvalue weighted by molar-refractivity contribution is 0.0753. The molecular weight excluding hydrogens is 240 g/mol. The van der Waals surface area contributed by atoms with Crippen LogP contribution in [0.25, 0.3) is 0 Å². The first-order chi connectivity index (χ1) is 8.55. The predicted molar refractivity (Wildman–Crippen MR) is 82.1 cm³/mol. The van der Waals surface area contributed by atoms with Crippen LogP contribution in [0.15, 0.2) is 0 Å². The van der Waals surface area contributed by atoms with Crippen LogP contribution in [-0.4, -0.2) is 40.6 Å². The quantitative estimate of drug-likeness (QED) is 0.782. The van der Waals surface area contributed by atoms with Crippen molar-refractivity contribution >= 4 is 11.8 Å². The van der Waals surface area contributed by atoms with Crippen molar-refractivity contribution in [3.63, 3.8) is 0 Å². The van der Waals surface area contributed by atoms with Crippen molar-refractivity contribution < 1.29 is 0 Å². The van der Waals surface area contributed by atoms with Crippen molar-refractivity contribution in [3.05, 3.63) is 0 Å². The van der Waals surface area contributed by atoms with Crippen LogP contribution in [0.3, 0.4) is 0 Å². The molecule has 2 fully saturated rings. The molecule has 1 aliphatic heterocycles. The maximum Gasteiger partial charge on any atom is 0.0332 e. The van der Waals surface area contributed by atoms with E-state index in [9.17, 15) is 0 Å². The minimum atomic E-state index is 0.314. The zero-order valence-corrected chi connectivity index (χ0v) is 13.1. The van der Waals surface area contributed by atoms with Gasteiger partial charge in [-0.2, -0.15) is 11.8 Å². The van der Waals surface area contributed by atoms with Crippen LogP contribution >= 0.6 is 11.8 Å². The highest BCUT2D eigenvalue weighted by molar-refractivity contribution is 8.00. The minimum absolute atomic E-state index is 0.314. The Hall–Kier alpha value is 0.270. The molecule has 0 radical (unpaired) electrons. The van der Waals surface area contributed by atoms with Gasteiger partial charge in [-0.3, -0.25) is 4.90 Å². The molecule has 1 saturated heterocycles. The van der Waals surface area contributed by atoms with Crippen molar-refractivity contribution in [3.8, 4) is 0 Å². The second-order valence-corrected chi connectivity index (χ2v) is 8.51. The third-order valence-corrected chi connectivity index (χ3v) is 6.14. The lowest BCUT2D eigenvalue weighted by Gasteiger charge is -2.48. The summed E-state index contributed by atoms with van der Waals surface area (Å²) in [6.07, 6.45) is 6.76. The Kier molecular flexibility index (Phi) is 5.01. The summed E-state index contributed by atoms with van der Waals surface area (Å²) in [5.41, 5.74) is 6.54. The van der Waals surface area contributed by atoms with Crippen LogP contribution in [0.5, 0.6) is 0 Å². The van der Waals surface area contributed by atoms with Gasteiger partial charge < -0.3 is 5.73 Å². The van der Waals surface area contributed by atoms with Gasteiger partial charge in [-0.1, -0.05) is 33.6 Å². The van der Waals surface area contributed by atoms with E-state index in [0.29, 0.717) is 5.54 Å². The summed E-state index contributed by atoms with van der Waals surface area (Å²) < 4.78 is 0. The maximum atomic E-state index is 6.23. The van der Waals surface area contributed by atoms with Gasteiger partial charge in [0.05, 0.1) is 0 Å². The molecule has 0 aromatic heterocycles. The van der Waals surface area contributed by atoms with Crippen LogP contribution in [0.4, 0.5) is 0 Å². The summed E-state index contributed by atoms with van der Waals surface area (Å²) in [7, 11) is 0. The van der Waals surface area contributed by atoms with Gasteiger partial charge in [-0.25, -0.2) is 0 Å². The first-order valence-corrected chi connectivity index (χ1v) is 8.60. The molecule has 2 rings (SSSR count). The van der Waals surface area contributed by atoms with E-state index in [0.717, 1.165) is 23.0 Å². The zero-order chi connectivity index (χ0) is 13.2. The van der Waals surface area contributed by atoms with Crippen molar-refractivity contribution in [2.45, 2.75) is 68.9 Å². The van der Waals surface area contributed by atoms with Crippen molar-refractivity contribution in [2.24, 2.45) is 11.7 Å². The van der Waals surface area contributed by atoms with E-state index in [-0.39, 0.29) is 0 Å². The van der Waals surface area contributed by atoms with Crippen LogP contribution in [0, 0.1) is 5.92 Å². The zero-order valence-electron chi connectivity index (χ0n) is 12.3. The second kappa shape index (κ2) is 6.15. The summed E-state index contributed by atoms with van der Waals surface area (Å²) in [6.45, 7) is 10.5. The van der Waals surface area contributed by atoms with Gasteiger partial charge in [0.25, 0.3) is 0 Å². The second-order valence-electron chi connectivity index (χ2n) is 6.63. The Morgan fingerprint density at radius 2 is 1.78 bits per heavy atom. The highest BCUT2D eigenvalue weighted by Gasteiger charge is 2.39. The molecule has 0 aromatic carbocycles. The first-order valence-electron chi connectivity index (χ1n) is 7.66. The van der Waals surface area contributed by atoms with E-state index < -0.39 is 0 Å². The molecule has 1 saturated carbocycles. The molecule has 3 heteroatoms. The Balaban J connectivity index is 2.10. The molecule has 106 valence electrons. The first kappa shape index (κ1) is 14.7. The van der Waals surface area contributed by atoms with E-state index in [1.54, 1.807) is 0 Å². The number of rotatable bonds is 2. The molecule has 4 atom stereocenters. The topological polar surface area (TPSA) is 29.3 Å². The molecular formula is C15H30N2S. The van der Waals surface area contributed by atoms with Crippen LogP contribution in [0.2, 0.25) is 0 Å². The van der Waals surface area contributed by atoms with Crippen molar-refractivity contribution in [2.75, 3.05) is 19.6 Å². The molecule has 2 aliphatic rings. The largest absolute Gasteiger partial charge is 0.329 e. The standard InChI is InChI=1S/C15H30N2S/c1-12-5-4-7-15(11-16,8-6-12)17-9-13(2)18-14(3)10-17/h12-14H,4-11,16H2,1-3H3. The fraction of sp³-hybridized carbons (Fsp3) is 1.00. The molecule has 0 bridgehead atoms. The fourth-order valence-electron chi connectivity index (χ4n) is 3.78. The van der Waals surface area contributed by atoms with E-state index >= 15 is 0 Å². The van der Waals surface area contributed by atoms with E-state index in [1.807, 2.05) is 0 Å². The molecule has 18 heavy (non-hydrogen) atoms. The Morgan fingerprint density at radius 1 is 1.11 bits per heavy atom. The van der Waals surface area contributed by atoms with Crippen LogP contribution < -0.4 is 5.73 Å². The predicted octanol–water partition coefficient (Wildman–Crippen LogP) is 3.11. The molecule has 2 N–H and O–H groups in total. The Morgan fingerprint density at radius 3 is 2.39 bits per heavy atom. The number of nitrogens with two attached hydrogens (primary N) is 1. The number of thioether (sulfide) groups is 1. The van der Waals surface area contributed by atoms with E-state index in [2.05, 4.69) is 37.4 Å². The maximum absolute atomic E-state index is 6.23. The molecule has 2 nitrogen and oxygen atoms in total. The molecule has 1 heterocycles. The average Bonchev–Trinajstić information content (AvgIpc) is 2.51. The average molecular weight is 270 g/mol. The number of hydrogen-bond donors (Lipinski definition) is 1. The smallest absolute Gasteiger partial charge is 0.0332 e. The molecule has 0 amide bonds. The van der Waals surface area contributed by atoms with Gasteiger partial charge in [-0.15, -0.1) is 0 Å². The summed E-state index contributed by atoms with van der Waals surface area (Å²) in [4.78, 5) is 2.75. The monoisotopic (exact) mass is 270 g/mol. The Labute approximate surface area is 117 Å². The highest BCUT2D eigenvalue weighted by atomic mass is 32.2. The lowest BCUT2D eigenvalue weighted by atomic mass is 9.87. The lowest BCUT2D eigenvalue weighted by Crippen LogP contribution is -2.58. The van der Waals surface area contributed by atoms with Crippen molar-refractivity contribution in [1.29, 1.82) is 0 Å². The van der Waals surface area contributed by atoms with Gasteiger partial charge >= 0.3 is 0 Å². The van der Waals surface area contributed by atoms with Gasteiger partial charge in [0, 0.05) is 35.7 Å². The van der Waals surface area contributed by atoms with Crippen LogP contribution in [0.1, 0.15) is 52.9 Å². The molecule has 4 unspecified atom stereocenters. The van der Waals surface area contributed by atoms with Gasteiger partial charge in [-0.05, 0) is 25.2 Å². The molecule has 0 spiro atoms. The summed E-state index contributed by atoms with van der Waals surface area (Å²) in [5.74, 6) is 0.896. The van der Waals surface area contributed by atoms with Gasteiger partial charge in [0.15, 0.2) is 0 Å². The third kappa shape index (κ3) is 3.23. The highest BCUT2D eigenvalue weighted by Crippen LogP contribution is 2.38. The van der Waals surface area contributed by atoms with Gasteiger partial charge in [0.1, 0.15) is 0 Å². The number of hydrogen-bond acceptors (Lipinski definition) is 3. The Bertz CT molecular complexity index is 261. The minimum Gasteiger partial charge on any atom is -0.329 e. The molecule has 1 aliphatic carbocycles. The normalized spacial score (nSPS) is 43.7. The molecule has 0 aromatic rings. The number of nitrogens with zero attached hydrogens (tertiary/aromatic N) is 1. The van der Waals surface area contributed by atoms with Crippen LogP contribution in [-0.2, 0) is 0 Å². The third-order valence-electron chi connectivity index (χ3n) is 4.91. The van der Waals surface area contributed by atoms with E-state index in [1.165, 1.54) is 45.2 Å². The van der Waals surface area contributed by atoms with Crippen molar-refractivity contribution in [1.82, 2.24) is 4.90 Å². The SMILES string of the molecule is CC1CCCC(CN)(N2CC(C)SC(C)C2)CC1. The summed E-state index contributed by atoms with van der Waals surface area (Å²) >= 11 is 2.14. The fourth-order valence-corrected chi connectivity index (χ4v) is 5.10. The summed E-state index contributed by atoms with van der Waals surface area (Å²) in [6, 6.07) is 0. The summed E-state index contributed by atoms with van der Waals surface area (Å²) in [5, 5.41) is 1.52.